The van der Waals surface area contributed by atoms with Crippen LogP contribution < -0.4 is 15.5 Å². The third kappa shape index (κ3) is 4.90. The second-order valence-corrected chi connectivity index (χ2v) is 11.4. The van der Waals surface area contributed by atoms with Crippen LogP contribution in [-0.2, 0) is 10.0 Å². The smallest absolute Gasteiger partial charge is 0.243 e. The third-order valence-corrected chi connectivity index (χ3v) is 8.99. The Morgan fingerprint density at radius 2 is 2.06 bits per heavy atom. The fourth-order valence-corrected chi connectivity index (χ4v) is 6.39. The summed E-state index contributed by atoms with van der Waals surface area (Å²) in [5.74, 6) is 1.60. The van der Waals surface area contributed by atoms with E-state index >= 15 is 0 Å². The summed E-state index contributed by atoms with van der Waals surface area (Å²) in [6.45, 7) is 1.60. The molecule has 3 aromatic rings. The summed E-state index contributed by atoms with van der Waals surface area (Å²) in [4.78, 5) is 4.96. The van der Waals surface area contributed by atoms with Gasteiger partial charge in [-0.05, 0) is 49.2 Å². The molecular formula is C25H27BClN5O3S. The number of ether oxygens (including phenoxy) is 1. The highest BCUT2D eigenvalue weighted by Crippen LogP contribution is 2.31. The summed E-state index contributed by atoms with van der Waals surface area (Å²) in [7, 11) is 4.09. The average molecular weight is 524 g/mol. The van der Waals surface area contributed by atoms with Gasteiger partial charge in [-0.2, -0.15) is 13.9 Å². The molecule has 5 rings (SSSR count). The van der Waals surface area contributed by atoms with Gasteiger partial charge in [-0.15, -0.1) is 0 Å². The van der Waals surface area contributed by atoms with E-state index in [0.29, 0.717) is 42.4 Å². The maximum absolute atomic E-state index is 13.1. The van der Waals surface area contributed by atoms with Crippen molar-refractivity contribution in [2.24, 2.45) is 5.92 Å². The van der Waals surface area contributed by atoms with Crippen LogP contribution in [0.3, 0.4) is 0 Å². The molecule has 186 valence electrons. The molecule has 1 fully saturated rings. The summed E-state index contributed by atoms with van der Waals surface area (Å²) >= 11 is 6.50. The summed E-state index contributed by atoms with van der Waals surface area (Å²) in [6, 6.07) is 8.54. The van der Waals surface area contributed by atoms with Crippen LogP contribution in [0.2, 0.25) is 0 Å². The van der Waals surface area contributed by atoms with Crippen molar-refractivity contribution in [1.82, 2.24) is 18.9 Å². The minimum Gasteiger partial charge on any atom is -0.497 e. The van der Waals surface area contributed by atoms with Crippen molar-refractivity contribution in [1.29, 1.82) is 0 Å². The molecule has 36 heavy (non-hydrogen) atoms. The monoisotopic (exact) mass is 523 g/mol. The zero-order valence-electron chi connectivity index (χ0n) is 20.0. The van der Waals surface area contributed by atoms with E-state index in [1.807, 2.05) is 12.1 Å². The molecule has 0 spiro atoms. The number of halogens is 1. The van der Waals surface area contributed by atoms with E-state index in [2.05, 4.69) is 16.5 Å². The first-order valence-corrected chi connectivity index (χ1v) is 13.8. The van der Waals surface area contributed by atoms with Gasteiger partial charge in [0.2, 0.25) is 10.0 Å². The molecule has 0 atom stereocenters. The van der Waals surface area contributed by atoms with E-state index in [4.69, 9.17) is 29.2 Å². The van der Waals surface area contributed by atoms with Crippen LogP contribution in [0.15, 0.2) is 58.6 Å². The predicted molar refractivity (Wildman–Crippen MR) is 142 cm³/mol. The Bertz CT molecular complexity index is 1450. The fourth-order valence-electron chi connectivity index (χ4n) is 4.62. The first-order chi connectivity index (χ1) is 17.4. The van der Waals surface area contributed by atoms with Crippen molar-refractivity contribution in [3.63, 3.8) is 0 Å². The Kier molecular flexibility index (Phi) is 7.10. The molecule has 3 heterocycles. The molecule has 1 N–H and O–H groups in total. The highest BCUT2D eigenvalue weighted by Gasteiger charge is 2.29. The Morgan fingerprint density at radius 3 is 2.81 bits per heavy atom. The van der Waals surface area contributed by atoms with Gasteiger partial charge in [0, 0.05) is 48.6 Å². The molecule has 0 unspecified atom stereocenters. The fraction of sp³-hybridized carbons (Fsp3) is 0.360. The lowest BCUT2D eigenvalue weighted by Crippen LogP contribution is -2.39. The molecule has 0 bridgehead atoms. The van der Waals surface area contributed by atoms with Gasteiger partial charge in [-0.1, -0.05) is 29.8 Å². The largest absolute Gasteiger partial charge is 0.497 e. The van der Waals surface area contributed by atoms with Gasteiger partial charge >= 0.3 is 0 Å². The maximum atomic E-state index is 13.1. The van der Waals surface area contributed by atoms with Gasteiger partial charge in [0.25, 0.3) is 0 Å². The summed E-state index contributed by atoms with van der Waals surface area (Å²) < 4.78 is 34.7. The van der Waals surface area contributed by atoms with Gasteiger partial charge in [0.15, 0.2) is 5.65 Å². The number of hydrogen-bond acceptors (Lipinski definition) is 6. The number of piperidine rings is 1. The minimum absolute atomic E-state index is 0.256. The van der Waals surface area contributed by atoms with E-state index in [-0.39, 0.29) is 4.90 Å². The number of allylic oxidation sites excluding steroid dienone is 4. The molecule has 1 aliphatic heterocycles. The zero-order chi connectivity index (χ0) is 25.3. The Labute approximate surface area is 217 Å². The predicted octanol–water partition coefficient (Wildman–Crippen LogP) is 3.34. The molecule has 0 saturated carbocycles. The lowest BCUT2D eigenvalue weighted by Gasteiger charge is -2.31. The number of nitrogens with one attached hydrogen (secondary N) is 1. The minimum atomic E-state index is -3.56. The standard InChI is InChI=1S/C25H27BClN5O3S/c1-35-18-5-4-6-19(13-18)36(33,34)31-11-9-17(10-12-31)15-28-24-14-23(20-7-2-3-8-22(20)27)30-25-21(26)16-29-32(24)25/h2,4-7,13-14,16-17,28H,3,8-12,15H2,1H3. The second kappa shape index (κ2) is 10.3. The van der Waals surface area contributed by atoms with E-state index < -0.39 is 10.0 Å². The second-order valence-electron chi connectivity index (χ2n) is 9.03. The summed E-state index contributed by atoms with van der Waals surface area (Å²) in [6.07, 6.45) is 8.88. The normalized spacial score (nSPS) is 17.6. The van der Waals surface area contributed by atoms with E-state index in [1.54, 1.807) is 39.3 Å². The number of aromatic nitrogens is 3. The van der Waals surface area contributed by atoms with Crippen LogP contribution in [0.1, 0.15) is 31.4 Å². The van der Waals surface area contributed by atoms with Crippen LogP contribution in [0.25, 0.3) is 11.2 Å². The SMILES string of the molecule is [B]c1cnn2c(NCC3CCN(S(=O)(=O)c4cccc(OC)c4)CC3)cc(C3=C(Cl)CCC=C3)nc12. The molecule has 1 saturated heterocycles. The third-order valence-electron chi connectivity index (χ3n) is 6.71. The summed E-state index contributed by atoms with van der Waals surface area (Å²) in [5, 5.41) is 8.66. The lowest BCUT2D eigenvalue weighted by atomic mass is 9.98. The van der Waals surface area contributed by atoms with Crippen molar-refractivity contribution >= 4 is 52.0 Å². The lowest BCUT2D eigenvalue weighted by molar-refractivity contribution is 0.282. The molecule has 2 aliphatic rings. The van der Waals surface area contributed by atoms with Crippen LogP contribution in [0.5, 0.6) is 5.75 Å². The van der Waals surface area contributed by atoms with E-state index in [9.17, 15) is 8.42 Å². The first kappa shape index (κ1) is 24.9. The number of sulfonamides is 1. The highest BCUT2D eigenvalue weighted by atomic mass is 35.5. The Morgan fingerprint density at radius 1 is 1.25 bits per heavy atom. The molecule has 11 heteroatoms. The maximum Gasteiger partial charge on any atom is 0.243 e. The van der Waals surface area contributed by atoms with Gasteiger partial charge < -0.3 is 10.1 Å². The van der Waals surface area contributed by atoms with Crippen LogP contribution >= 0.6 is 11.6 Å². The number of benzene rings is 1. The Hall–Kier alpha value is -2.82. The molecule has 2 aromatic heterocycles. The van der Waals surface area contributed by atoms with Crippen molar-refractivity contribution in [3.8, 4) is 5.75 Å². The number of hydrogen-bond donors (Lipinski definition) is 1. The molecule has 8 nitrogen and oxygen atoms in total. The van der Waals surface area contributed by atoms with E-state index in [1.165, 1.54) is 7.11 Å². The van der Waals surface area contributed by atoms with Crippen LogP contribution in [0.4, 0.5) is 5.82 Å². The van der Waals surface area contributed by atoms with Crippen molar-refractivity contribution < 1.29 is 13.2 Å². The molecular weight excluding hydrogens is 497 g/mol. The number of rotatable bonds is 7. The number of nitrogens with zero attached hydrogens (tertiary/aromatic N) is 4. The first-order valence-electron chi connectivity index (χ1n) is 11.9. The van der Waals surface area contributed by atoms with Gasteiger partial charge in [0.05, 0.1) is 17.7 Å². The topological polar surface area (TPSA) is 88.8 Å². The van der Waals surface area contributed by atoms with Crippen molar-refractivity contribution in [3.05, 3.63) is 59.4 Å². The van der Waals surface area contributed by atoms with Gasteiger partial charge in [-0.25, -0.2) is 13.4 Å². The summed E-state index contributed by atoms with van der Waals surface area (Å²) in [5.41, 5.74) is 2.71. The average Bonchev–Trinajstić information content (AvgIpc) is 3.28. The molecule has 0 amide bonds. The zero-order valence-corrected chi connectivity index (χ0v) is 21.6. The molecule has 1 aromatic carbocycles. The highest BCUT2D eigenvalue weighted by molar-refractivity contribution is 7.89. The van der Waals surface area contributed by atoms with Crippen LogP contribution in [-0.4, -0.2) is 61.9 Å². The van der Waals surface area contributed by atoms with Crippen LogP contribution in [0, 0.1) is 5.92 Å². The molecule has 2 radical (unpaired) electrons. The van der Waals surface area contributed by atoms with Gasteiger partial charge in [0.1, 0.15) is 19.4 Å². The Balaban J connectivity index is 1.29. The number of methoxy groups -OCH3 is 1. The quantitative estimate of drug-likeness (QED) is 0.478. The van der Waals surface area contributed by atoms with E-state index in [0.717, 1.165) is 47.8 Å². The van der Waals surface area contributed by atoms with Crippen molar-refractivity contribution in [2.45, 2.75) is 30.6 Å². The van der Waals surface area contributed by atoms with Crippen molar-refractivity contribution in [2.75, 3.05) is 32.1 Å². The number of fused-ring (bicyclic) bond motifs is 1. The number of anilines is 1. The van der Waals surface area contributed by atoms with Gasteiger partial charge in [-0.3, -0.25) is 0 Å². The molecule has 1 aliphatic carbocycles.